The summed E-state index contributed by atoms with van der Waals surface area (Å²) in [7, 11) is 0. The molecule has 1 aliphatic heterocycles. The lowest BCUT2D eigenvalue weighted by Crippen LogP contribution is -2.39. The number of likely N-dealkylation sites (tertiary alicyclic amines) is 1. The fourth-order valence-electron chi connectivity index (χ4n) is 2.79. The summed E-state index contributed by atoms with van der Waals surface area (Å²) in [6.07, 6.45) is 4.64. The highest BCUT2D eigenvalue weighted by Gasteiger charge is 2.25. The normalized spacial score (nSPS) is 17.2. The molecule has 0 aromatic heterocycles. The van der Waals surface area contributed by atoms with Gasteiger partial charge in [-0.3, -0.25) is 9.59 Å². The molecule has 0 bridgehead atoms. The molecule has 5 nitrogen and oxygen atoms in total. The van der Waals surface area contributed by atoms with Crippen LogP contribution in [0.4, 0.5) is 0 Å². The van der Waals surface area contributed by atoms with Gasteiger partial charge in [-0.1, -0.05) is 13.8 Å². The molecule has 116 valence electrons. The Morgan fingerprint density at radius 2 is 1.80 bits per heavy atom. The molecule has 1 fully saturated rings. The molecule has 1 rings (SSSR count). The van der Waals surface area contributed by atoms with Crippen molar-refractivity contribution < 1.29 is 9.59 Å². The smallest absolute Gasteiger partial charge is 0.222 e. The first-order chi connectivity index (χ1) is 9.34. The zero-order chi connectivity index (χ0) is 15.2. The molecular weight excluding hydrogens is 254 g/mol. The van der Waals surface area contributed by atoms with Crippen LogP contribution < -0.4 is 11.5 Å². The van der Waals surface area contributed by atoms with E-state index >= 15 is 0 Å². The van der Waals surface area contributed by atoms with E-state index in [0.29, 0.717) is 25.3 Å². The van der Waals surface area contributed by atoms with Crippen LogP contribution in [-0.2, 0) is 9.59 Å². The number of amides is 2. The van der Waals surface area contributed by atoms with Crippen LogP contribution in [0.3, 0.4) is 0 Å². The SMILES string of the molecule is CC(C)(CCN)CCC(=O)N1CCC(CC(N)=O)CC1. The van der Waals surface area contributed by atoms with Gasteiger partial charge in [0.1, 0.15) is 0 Å². The summed E-state index contributed by atoms with van der Waals surface area (Å²) in [6.45, 7) is 6.50. The minimum atomic E-state index is -0.238. The van der Waals surface area contributed by atoms with E-state index in [1.165, 1.54) is 0 Å². The lowest BCUT2D eigenvalue weighted by molar-refractivity contribution is -0.133. The van der Waals surface area contributed by atoms with Crippen molar-refractivity contribution in [3.63, 3.8) is 0 Å². The molecule has 0 aromatic rings. The number of hydrogen-bond acceptors (Lipinski definition) is 3. The second-order valence-electron chi connectivity index (χ2n) is 6.70. The van der Waals surface area contributed by atoms with Crippen LogP contribution in [0.2, 0.25) is 0 Å². The largest absolute Gasteiger partial charge is 0.370 e. The predicted octanol–water partition coefficient (Wildman–Crippen LogP) is 1.26. The molecule has 0 radical (unpaired) electrons. The Bertz CT molecular complexity index is 334. The van der Waals surface area contributed by atoms with Crippen molar-refractivity contribution in [3.8, 4) is 0 Å². The Morgan fingerprint density at radius 1 is 1.20 bits per heavy atom. The third-order valence-corrected chi connectivity index (χ3v) is 4.29. The van der Waals surface area contributed by atoms with Crippen LogP contribution in [0.15, 0.2) is 0 Å². The van der Waals surface area contributed by atoms with E-state index in [1.807, 2.05) is 4.90 Å². The van der Waals surface area contributed by atoms with Gasteiger partial charge < -0.3 is 16.4 Å². The van der Waals surface area contributed by atoms with Gasteiger partial charge >= 0.3 is 0 Å². The van der Waals surface area contributed by atoms with Crippen molar-refractivity contribution in [3.05, 3.63) is 0 Å². The van der Waals surface area contributed by atoms with Crippen molar-refractivity contribution in [2.45, 2.75) is 52.4 Å². The van der Waals surface area contributed by atoms with E-state index in [4.69, 9.17) is 11.5 Å². The van der Waals surface area contributed by atoms with E-state index in [0.717, 1.165) is 38.8 Å². The summed E-state index contributed by atoms with van der Waals surface area (Å²) in [4.78, 5) is 25.0. The summed E-state index contributed by atoms with van der Waals surface area (Å²) < 4.78 is 0. The molecule has 0 spiro atoms. The fraction of sp³-hybridized carbons (Fsp3) is 0.867. The molecule has 0 aliphatic carbocycles. The van der Waals surface area contributed by atoms with E-state index in [9.17, 15) is 9.59 Å². The topological polar surface area (TPSA) is 89.4 Å². The molecule has 5 heteroatoms. The number of hydrogen-bond donors (Lipinski definition) is 2. The van der Waals surface area contributed by atoms with E-state index < -0.39 is 0 Å². The molecule has 0 aromatic carbocycles. The summed E-state index contributed by atoms with van der Waals surface area (Å²) in [6, 6.07) is 0. The molecule has 1 heterocycles. The maximum absolute atomic E-state index is 12.2. The molecule has 20 heavy (non-hydrogen) atoms. The van der Waals surface area contributed by atoms with Crippen molar-refractivity contribution in [1.29, 1.82) is 0 Å². The molecule has 1 saturated heterocycles. The van der Waals surface area contributed by atoms with Gasteiger partial charge in [-0.05, 0) is 43.6 Å². The van der Waals surface area contributed by atoms with Crippen LogP contribution in [0.25, 0.3) is 0 Å². The van der Waals surface area contributed by atoms with Gasteiger partial charge in [0.25, 0.3) is 0 Å². The number of nitrogens with two attached hydrogens (primary N) is 2. The fourth-order valence-corrected chi connectivity index (χ4v) is 2.79. The summed E-state index contributed by atoms with van der Waals surface area (Å²) >= 11 is 0. The highest BCUT2D eigenvalue weighted by atomic mass is 16.2. The maximum Gasteiger partial charge on any atom is 0.222 e. The minimum Gasteiger partial charge on any atom is -0.370 e. The number of primary amides is 1. The zero-order valence-electron chi connectivity index (χ0n) is 12.9. The van der Waals surface area contributed by atoms with Crippen molar-refractivity contribution in [2.24, 2.45) is 22.8 Å². The maximum atomic E-state index is 12.2. The average molecular weight is 283 g/mol. The highest BCUT2D eigenvalue weighted by Crippen LogP contribution is 2.27. The lowest BCUT2D eigenvalue weighted by Gasteiger charge is -2.32. The van der Waals surface area contributed by atoms with Gasteiger partial charge in [-0.2, -0.15) is 0 Å². The van der Waals surface area contributed by atoms with Crippen LogP contribution in [0.5, 0.6) is 0 Å². The number of nitrogens with zero attached hydrogens (tertiary/aromatic N) is 1. The van der Waals surface area contributed by atoms with Gasteiger partial charge in [0, 0.05) is 25.9 Å². The Kier molecular flexibility index (Phi) is 6.46. The van der Waals surface area contributed by atoms with E-state index in [2.05, 4.69) is 13.8 Å². The first kappa shape index (κ1) is 17.0. The first-order valence-electron chi connectivity index (χ1n) is 7.60. The Hall–Kier alpha value is -1.10. The third-order valence-electron chi connectivity index (χ3n) is 4.29. The molecule has 0 saturated carbocycles. The standard InChI is InChI=1S/C15H29N3O2/c1-15(2,7-8-16)6-3-14(20)18-9-4-12(5-10-18)11-13(17)19/h12H,3-11,16H2,1-2H3,(H2,17,19). The summed E-state index contributed by atoms with van der Waals surface area (Å²) in [5, 5.41) is 0. The van der Waals surface area contributed by atoms with Gasteiger partial charge in [-0.25, -0.2) is 0 Å². The molecule has 4 N–H and O–H groups in total. The third kappa shape index (κ3) is 5.90. The second-order valence-corrected chi connectivity index (χ2v) is 6.70. The van der Waals surface area contributed by atoms with Gasteiger partial charge in [0.05, 0.1) is 0 Å². The number of rotatable bonds is 7. The summed E-state index contributed by atoms with van der Waals surface area (Å²) in [5.41, 5.74) is 10.9. The molecule has 0 unspecified atom stereocenters. The minimum absolute atomic E-state index is 0.134. The molecule has 0 atom stereocenters. The Morgan fingerprint density at radius 3 is 2.30 bits per heavy atom. The monoisotopic (exact) mass is 283 g/mol. The first-order valence-corrected chi connectivity index (χ1v) is 7.60. The van der Waals surface area contributed by atoms with Crippen molar-refractivity contribution >= 4 is 11.8 Å². The highest BCUT2D eigenvalue weighted by molar-refractivity contribution is 5.76. The van der Waals surface area contributed by atoms with Crippen molar-refractivity contribution in [2.75, 3.05) is 19.6 Å². The van der Waals surface area contributed by atoms with E-state index in [1.54, 1.807) is 0 Å². The van der Waals surface area contributed by atoms with Crippen LogP contribution in [0, 0.1) is 11.3 Å². The van der Waals surface area contributed by atoms with Crippen LogP contribution in [0.1, 0.15) is 52.4 Å². The van der Waals surface area contributed by atoms with Gasteiger partial charge in [0.2, 0.25) is 11.8 Å². The van der Waals surface area contributed by atoms with E-state index in [-0.39, 0.29) is 17.2 Å². The number of piperidine rings is 1. The quantitative estimate of drug-likeness (QED) is 0.737. The number of carbonyl (C=O) groups excluding carboxylic acids is 2. The van der Waals surface area contributed by atoms with Crippen LogP contribution in [-0.4, -0.2) is 36.3 Å². The lowest BCUT2D eigenvalue weighted by atomic mass is 9.84. The van der Waals surface area contributed by atoms with Gasteiger partial charge in [-0.15, -0.1) is 0 Å². The average Bonchev–Trinajstić information content (AvgIpc) is 2.36. The van der Waals surface area contributed by atoms with Crippen molar-refractivity contribution in [1.82, 2.24) is 4.90 Å². The Labute approximate surface area is 122 Å². The van der Waals surface area contributed by atoms with Gasteiger partial charge in [0.15, 0.2) is 0 Å². The summed E-state index contributed by atoms with van der Waals surface area (Å²) in [5.74, 6) is 0.344. The molecule has 1 aliphatic rings. The molecular formula is C15H29N3O2. The van der Waals surface area contributed by atoms with Crippen LogP contribution >= 0.6 is 0 Å². The number of carbonyl (C=O) groups is 2. The molecule has 2 amide bonds. The Balaban J connectivity index is 2.30. The zero-order valence-corrected chi connectivity index (χ0v) is 12.9. The predicted molar refractivity (Wildman–Crippen MR) is 79.8 cm³/mol. The second kappa shape index (κ2) is 7.62.